The summed E-state index contributed by atoms with van der Waals surface area (Å²) in [5.41, 5.74) is 1.19. The van der Waals surface area contributed by atoms with Crippen molar-refractivity contribution in [2.24, 2.45) is 5.92 Å². The molecule has 3 rings (SSSR count). The summed E-state index contributed by atoms with van der Waals surface area (Å²) >= 11 is 0. The van der Waals surface area contributed by atoms with Crippen molar-refractivity contribution in [3.63, 3.8) is 0 Å². The summed E-state index contributed by atoms with van der Waals surface area (Å²) in [6, 6.07) is 14.0. The molecular weight excluding hydrogens is 380 g/mol. The van der Waals surface area contributed by atoms with Gasteiger partial charge < -0.3 is 19.0 Å². The van der Waals surface area contributed by atoms with Crippen LogP contribution in [-0.2, 0) is 27.3 Å². The smallest absolute Gasteiger partial charge is 0.361 e. The van der Waals surface area contributed by atoms with Gasteiger partial charge in [-0.1, -0.05) is 30.3 Å². The van der Waals surface area contributed by atoms with Gasteiger partial charge in [0.25, 0.3) is 5.91 Å². The van der Waals surface area contributed by atoms with Crippen molar-refractivity contribution in [1.29, 1.82) is 0 Å². The second-order valence-electron chi connectivity index (χ2n) is 8.12. The Morgan fingerprint density at radius 2 is 1.90 bits per heavy atom. The molecule has 1 fully saturated rings. The lowest BCUT2D eigenvalue weighted by Gasteiger charge is -2.25. The zero-order valence-electron chi connectivity index (χ0n) is 18.1. The van der Waals surface area contributed by atoms with Crippen molar-refractivity contribution >= 4 is 11.9 Å². The second-order valence-corrected chi connectivity index (χ2v) is 8.12. The topological polar surface area (TPSA) is 64.2 Å². The highest BCUT2D eigenvalue weighted by Crippen LogP contribution is 2.26. The molecule has 0 aliphatic heterocycles. The Balaban J connectivity index is 1.65. The molecule has 0 radical (unpaired) electrons. The van der Waals surface area contributed by atoms with Gasteiger partial charge in [0, 0.05) is 12.5 Å². The molecule has 1 aromatic heterocycles. The number of hydrogen-bond acceptors (Lipinski definition) is 4. The molecule has 30 heavy (non-hydrogen) atoms. The van der Waals surface area contributed by atoms with Gasteiger partial charge in [0.05, 0.1) is 19.7 Å². The summed E-state index contributed by atoms with van der Waals surface area (Å²) < 4.78 is 10.8. The van der Waals surface area contributed by atoms with E-state index in [4.69, 9.17) is 9.15 Å². The zero-order chi connectivity index (χ0) is 21.3. The number of carbonyl (C=O) groups excluding carboxylic acids is 2. The third kappa shape index (κ3) is 7.34. The van der Waals surface area contributed by atoms with Gasteiger partial charge in [-0.2, -0.15) is 0 Å². The molecule has 1 atom stereocenters. The van der Waals surface area contributed by atoms with Crippen molar-refractivity contribution < 1.29 is 23.6 Å². The Kier molecular flexibility index (Phi) is 8.08. The first kappa shape index (κ1) is 22.1. The van der Waals surface area contributed by atoms with Gasteiger partial charge in [0.2, 0.25) is 0 Å². The highest BCUT2D eigenvalue weighted by atomic mass is 16.5. The summed E-state index contributed by atoms with van der Waals surface area (Å²) in [6.07, 6.45) is 3.15. The summed E-state index contributed by atoms with van der Waals surface area (Å²) in [4.78, 5) is 28.1. The van der Waals surface area contributed by atoms with Crippen molar-refractivity contribution in [3.8, 4) is 0 Å². The van der Waals surface area contributed by atoms with Crippen molar-refractivity contribution in [2.45, 2.75) is 39.7 Å². The number of nitrogens with zero attached hydrogens (tertiary/aromatic N) is 1. The van der Waals surface area contributed by atoms with Crippen LogP contribution in [0.3, 0.4) is 0 Å². The zero-order valence-corrected chi connectivity index (χ0v) is 18.1. The molecule has 0 saturated heterocycles. The summed E-state index contributed by atoms with van der Waals surface area (Å²) in [6.45, 7) is 6.50. The number of quaternary nitrogens is 1. The van der Waals surface area contributed by atoms with E-state index in [0.29, 0.717) is 32.2 Å². The molecule has 0 spiro atoms. The second kappa shape index (κ2) is 11.0. The molecule has 6 heteroatoms. The van der Waals surface area contributed by atoms with E-state index in [9.17, 15) is 9.59 Å². The Labute approximate surface area is 178 Å². The van der Waals surface area contributed by atoms with E-state index in [-0.39, 0.29) is 18.4 Å². The predicted molar refractivity (Wildman–Crippen MR) is 114 cm³/mol. The van der Waals surface area contributed by atoms with Crippen LogP contribution in [0.15, 0.2) is 46.9 Å². The number of aryl methyl sites for hydroxylation is 1. The van der Waals surface area contributed by atoms with Crippen LogP contribution in [0.25, 0.3) is 0 Å². The van der Waals surface area contributed by atoms with Crippen LogP contribution in [-0.4, -0.2) is 49.6 Å². The quantitative estimate of drug-likeness (QED) is 0.541. The molecule has 162 valence electrons. The van der Waals surface area contributed by atoms with Crippen LogP contribution >= 0.6 is 0 Å². The maximum atomic E-state index is 13.2. The van der Waals surface area contributed by atoms with Gasteiger partial charge in [-0.05, 0) is 50.8 Å². The van der Waals surface area contributed by atoms with Gasteiger partial charge in [0.15, 0.2) is 13.1 Å². The predicted octanol–water partition coefficient (Wildman–Crippen LogP) is 2.02. The first-order valence-corrected chi connectivity index (χ1v) is 10.9. The third-order valence-corrected chi connectivity index (χ3v) is 5.38. The first-order chi connectivity index (χ1) is 14.5. The van der Waals surface area contributed by atoms with Crippen LogP contribution < -0.4 is 4.90 Å². The lowest BCUT2D eigenvalue weighted by Crippen LogP contribution is -3.14. The standard InChI is InChI=1S/C24H32N2O4/c1-3-29-24(28)18-25(15-21-10-11-21)17-23(27)26(16-22-12-9-19(2)30-22)14-13-20-7-5-4-6-8-20/h4-9,12,21H,3,10-11,13-18H2,1-2H3/p+1. The summed E-state index contributed by atoms with van der Waals surface area (Å²) in [7, 11) is 0. The lowest BCUT2D eigenvalue weighted by molar-refractivity contribution is -0.886. The molecule has 1 unspecified atom stereocenters. The number of amides is 1. The fourth-order valence-electron chi connectivity index (χ4n) is 3.64. The summed E-state index contributed by atoms with van der Waals surface area (Å²) in [5.74, 6) is 2.04. The molecule has 2 aromatic rings. The monoisotopic (exact) mass is 413 g/mol. The van der Waals surface area contributed by atoms with Crippen LogP contribution in [0.2, 0.25) is 0 Å². The average molecular weight is 414 g/mol. The van der Waals surface area contributed by atoms with Gasteiger partial charge in [-0.15, -0.1) is 0 Å². The van der Waals surface area contributed by atoms with Crippen LogP contribution in [0, 0.1) is 12.8 Å². The maximum Gasteiger partial charge on any atom is 0.361 e. The fraction of sp³-hybridized carbons (Fsp3) is 0.500. The van der Waals surface area contributed by atoms with E-state index in [1.165, 1.54) is 18.4 Å². The largest absolute Gasteiger partial charge is 0.464 e. The highest BCUT2D eigenvalue weighted by Gasteiger charge is 2.31. The van der Waals surface area contributed by atoms with E-state index in [1.54, 1.807) is 6.92 Å². The number of hydrogen-bond donors (Lipinski definition) is 1. The van der Waals surface area contributed by atoms with Crippen molar-refractivity contribution in [1.82, 2.24) is 4.90 Å². The van der Waals surface area contributed by atoms with Gasteiger partial charge in [-0.3, -0.25) is 4.79 Å². The molecule has 1 heterocycles. The molecule has 1 aliphatic rings. The van der Waals surface area contributed by atoms with Crippen LogP contribution in [0.5, 0.6) is 0 Å². The van der Waals surface area contributed by atoms with Gasteiger partial charge in [0.1, 0.15) is 11.5 Å². The molecule has 1 aromatic carbocycles. The minimum Gasteiger partial charge on any atom is -0.464 e. The van der Waals surface area contributed by atoms with Crippen LogP contribution in [0.4, 0.5) is 0 Å². The van der Waals surface area contributed by atoms with E-state index >= 15 is 0 Å². The molecule has 1 saturated carbocycles. The van der Waals surface area contributed by atoms with E-state index < -0.39 is 0 Å². The molecule has 1 N–H and O–H groups in total. The number of furan rings is 1. The lowest BCUT2D eigenvalue weighted by atomic mass is 10.1. The number of carbonyl (C=O) groups is 2. The number of rotatable bonds is 12. The molecule has 1 aliphatic carbocycles. The van der Waals surface area contributed by atoms with Gasteiger partial charge >= 0.3 is 5.97 Å². The maximum absolute atomic E-state index is 13.2. The van der Waals surface area contributed by atoms with E-state index in [0.717, 1.165) is 29.4 Å². The first-order valence-electron chi connectivity index (χ1n) is 10.9. The van der Waals surface area contributed by atoms with E-state index in [1.807, 2.05) is 42.2 Å². The Bertz CT molecular complexity index is 814. The number of ether oxygens (including phenoxy) is 1. The fourth-order valence-corrected chi connectivity index (χ4v) is 3.64. The van der Waals surface area contributed by atoms with Gasteiger partial charge in [-0.25, -0.2) is 4.79 Å². The molecule has 0 bridgehead atoms. The molecular formula is C24H33N2O4+. The van der Waals surface area contributed by atoms with Crippen molar-refractivity contribution in [2.75, 3.05) is 32.8 Å². The minimum atomic E-state index is -0.238. The molecule has 6 nitrogen and oxygen atoms in total. The number of esters is 1. The van der Waals surface area contributed by atoms with E-state index in [2.05, 4.69) is 12.1 Å². The third-order valence-electron chi connectivity index (χ3n) is 5.38. The Morgan fingerprint density at radius 3 is 2.53 bits per heavy atom. The molecule has 1 amide bonds. The average Bonchev–Trinajstić information content (AvgIpc) is 3.44. The van der Waals surface area contributed by atoms with Crippen LogP contribution in [0.1, 0.15) is 36.8 Å². The minimum absolute atomic E-state index is 0.0416. The SMILES string of the molecule is CCOC(=O)C[NH+](CC(=O)N(CCc1ccccc1)Cc1ccc(C)o1)CC1CC1. The highest BCUT2D eigenvalue weighted by molar-refractivity contribution is 5.77. The Hall–Kier alpha value is -2.60. The Morgan fingerprint density at radius 1 is 1.13 bits per heavy atom. The van der Waals surface area contributed by atoms with Crippen molar-refractivity contribution in [3.05, 3.63) is 59.5 Å². The summed E-state index contributed by atoms with van der Waals surface area (Å²) in [5, 5.41) is 0. The number of nitrogens with one attached hydrogen (secondary N) is 1. The normalized spacial score (nSPS) is 14.3. The number of benzene rings is 1.